The summed E-state index contributed by atoms with van der Waals surface area (Å²) in [4.78, 5) is 12.7. The minimum absolute atomic E-state index is 0.112. The normalized spacial score (nSPS) is 10.9. The van der Waals surface area contributed by atoms with Crippen LogP contribution in [0.3, 0.4) is 0 Å². The van der Waals surface area contributed by atoms with Gasteiger partial charge < -0.3 is 4.57 Å². The van der Waals surface area contributed by atoms with E-state index in [9.17, 15) is 4.79 Å². The molecule has 0 N–H and O–H groups in total. The van der Waals surface area contributed by atoms with Gasteiger partial charge in [0.25, 0.3) is 0 Å². The standard InChI is InChI=1S/C21H19Cl2NO/c1-4-18(25)21-19(14-8-6-5-7-9-14)13(2)20(24(21)3)16-11-10-15(22)12-17(16)23/h5-12H,4H2,1-3H3. The second-order valence-electron chi connectivity index (χ2n) is 6.02. The van der Waals surface area contributed by atoms with Crippen LogP contribution in [0.25, 0.3) is 22.4 Å². The fourth-order valence-electron chi connectivity index (χ4n) is 3.34. The summed E-state index contributed by atoms with van der Waals surface area (Å²) in [5.74, 6) is 0.112. The van der Waals surface area contributed by atoms with Crippen LogP contribution in [0.1, 0.15) is 29.4 Å². The summed E-state index contributed by atoms with van der Waals surface area (Å²) >= 11 is 12.5. The van der Waals surface area contributed by atoms with E-state index in [1.54, 1.807) is 6.07 Å². The molecule has 1 heterocycles. The summed E-state index contributed by atoms with van der Waals surface area (Å²) < 4.78 is 1.96. The lowest BCUT2D eigenvalue weighted by Crippen LogP contribution is -2.07. The Kier molecular flexibility index (Phi) is 5.03. The maximum absolute atomic E-state index is 12.7. The summed E-state index contributed by atoms with van der Waals surface area (Å²) in [5, 5.41) is 1.17. The summed E-state index contributed by atoms with van der Waals surface area (Å²) in [6.45, 7) is 3.92. The monoisotopic (exact) mass is 371 g/mol. The summed E-state index contributed by atoms with van der Waals surface area (Å²) in [7, 11) is 1.92. The largest absolute Gasteiger partial charge is 0.340 e. The first-order valence-corrected chi connectivity index (χ1v) is 8.94. The van der Waals surface area contributed by atoms with Crippen LogP contribution in [0.2, 0.25) is 10.0 Å². The Morgan fingerprint density at radius 2 is 1.76 bits per heavy atom. The highest BCUT2D eigenvalue weighted by molar-refractivity contribution is 6.36. The van der Waals surface area contributed by atoms with Gasteiger partial charge in [-0.05, 0) is 36.2 Å². The van der Waals surface area contributed by atoms with Crippen molar-refractivity contribution in [3.8, 4) is 22.4 Å². The number of nitrogens with zero attached hydrogens (tertiary/aromatic N) is 1. The highest BCUT2D eigenvalue weighted by Gasteiger charge is 2.25. The predicted octanol–water partition coefficient (Wildman–Crippen LogP) is 6.57. The maximum Gasteiger partial charge on any atom is 0.179 e. The molecular weight excluding hydrogens is 353 g/mol. The molecule has 0 fully saturated rings. The fraction of sp³-hybridized carbons (Fsp3) is 0.190. The number of aromatic nitrogens is 1. The zero-order valence-corrected chi connectivity index (χ0v) is 15.9. The van der Waals surface area contributed by atoms with Crippen LogP contribution in [0.4, 0.5) is 0 Å². The lowest BCUT2D eigenvalue weighted by atomic mass is 9.97. The van der Waals surface area contributed by atoms with Gasteiger partial charge >= 0.3 is 0 Å². The molecule has 128 valence electrons. The number of halogens is 2. The van der Waals surface area contributed by atoms with Crippen molar-refractivity contribution >= 4 is 29.0 Å². The van der Waals surface area contributed by atoms with Crippen molar-refractivity contribution in [3.05, 3.63) is 69.8 Å². The molecule has 25 heavy (non-hydrogen) atoms. The van der Waals surface area contributed by atoms with Crippen molar-refractivity contribution in [2.45, 2.75) is 20.3 Å². The van der Waals surface area contributed by atoms with Crippen LogP contribution in [-0.2, 0) is 7.05 Å². The third-order valence-corrected chi connectivity index (χ3v) is 5.02. The highest BCUT2D eigenvalue weighted by atomic mass is 35.5. The number of carbonyl (C=O) groups is 1. The van der Waals surface area contributed by atoms with Gasteiger partial charge in [-0.2, -0.15) is 0 Å². The van der Waals surface area contributed by atoms with Gasteiger partial charge in [-0.25, -0.2) is 0 Å². The molecule has 0 saturated heterocycles. The molecule has 0 radical (unpaired) electrons. The van der Waals surface area contributed by atoms with Gasteiger partial charge in [0.2, 0.25) is 0 Å². The van der Waals surface area contributed by atoms with Crippen molar-refractivity contribution in [3.63, 3.8) is 0 Å². The predicted molar refractivity (Wildman–Crippen MR) is 106 cm³/mol. The maximum atomic E-state index is 12.7. The van der Waals surface area contributed by atoms with Gasteiger partial charge in [-0.15, -0.1) is 0 Å². The van der Waals surface area contributed by atoms with Crippen LogP contribution < -0.4 is 0 Å². The van der Waals surface area contributed by atoms with E-state index in [-0.39, 0.29) is 5.78 Å². The number of carbonyl (C=O) groups excluding carboxylic acids is 1. The Morgan fingerprint density at radius 3 is 2.36 bits per heavy atom. The molecule has 0 unspecified atom stereocenters. The SMILES string of the molecule is CCC(=O)c1c(-c2ccccc2)c(C)c(-c2ccc(Cl)cc2Cl)n1C. The Hall–Kier alpha value is -2.03. The molecule has 0 aliphatic rings. The second-order valence-corrected chi connectivity index (χ2v) is 6.87. The smallest absolute Gasteiger partial charge is 0.179 e. The van der Waals surface area contributed by atoms with Gasteiger partial charge in [0.1, 0.15) is 0 Å². The van der Waals surface area contributed by atoms with E-state index in [4.69, 9.17) is 23.2 Å². The van der Waals surface area contributed by atoms with Crippen molar-refractivity contribution < 1.29 is 4.79 Å². The molecule has 0 aliphatic carbocycles. The van der Waals surface area contributed by atoms with E-state index in [1.165, 1.54) is 0 Å². The van der Waals surface area contributed by atoms with Crippen molar-refractivity contribution in [2.75, 3.05) is 0 Å². The topological polar surface area (TPSA) is 22.0 Å². The van der Waals surface area contributed by atoms with Gasteiger partial charge in [0, 0.05) is 29.6 Å². The molecule has 3 rings (SSSR count). The van der Waals surface area contributed by atoms with Crippen LogP contribution in [-0.4, -0.2) is 10.4 Å². The van der Waals surface area contributed by atoms with Gasteiger partial charge in [-0.3, -0.25) is 4.79 Å². The molecule has 0 saturated carbocycles. The zero-order chi connectivity index (χ0) is 18.1. The van der Waals surface area contributed by atoms with Crippen molar-refractivity contribution in [1.29, 1.82) is 0 Å². The molecular formula is C21H19Cl2NO. The fourth-order valence-corrected chi connectivity index (χ4v) is 3.84. The Labute approximate surface area is 158 Å². The summed E-state index contributed by atoms with van der Waals surface area (Å²) in [6.07, 6.45) is 0.449. The van der Waals surface area contributed by atoms with E-state index < -0.39 is 0 Å². The average Bonchev–Trinajstić information content (AvgIpc) is 2.86. The molecule has 1 aromatic heterocycles. The second kappa shape index (κ2) is 7.07. The number of hydrogen-bond donors (Lipinski definition) is 0. The molecule has 0 atom stereocenters. The molecule has 4 heteroatoms. The Morgan fingerprint density at radius 1 is 1.08 bits per heavy atom. The van der Waals surface area contributed by atoms with Crippen LogP contribution in [0.15, 0.2) is 48.5 Å². The Bertz CT molecular complexity index is 942. The summed E-state index contributed by atoms with van der Waals surface area (Å²) in [6, 6.07) is 15.5. The first-order chi connectivity index (χ1) is 12.0. The first kappa shape index (κ1) is 17.8. The quantitative estimate of drug-likeness (QED) is 0.475. The van der Waals surface area contributed by atoms with Gasteiger partial charge in [-0.1, -0.05) is 60.5 Å². The number of hydrogen-bond acceptors (Lipinski definition) is 1. The van der Waals surface area contributed by atoms with Crippen LogP contribution in [0, 0.1) is 6.92 Å². The minimum Gasteiger partial charge on any atom is -0.340 e. The molecule has 0 aliphatic heterocycles. The zero-order valence-electron chi connectivity index (χ0n) is 14.4. The average molecular weight is 372 g/mol. The molecule has 0 spiro atoms. The first-order valence-electron chi connectivity index (χ1n) is 8.19. The van der Waals surface area contributed by atoms with Gasteiger partial charge in [0.15, 0.2) is 5.78 Å². The third kappa shape index (κ3) is 3.12. The van der Waals surface area contributed by atoms with E-state index >= 15 is 0 Å². The van der Waals surface area contributed by atoms with E-state index in [2.05, 4.69) is 0 Å². The van der Waals surface area contributed by atoms with Gasteiger partial charge in [0.05, 0.1) is 16.4 Å². The van der Waals surface area contributed by atoms with Crippen LogP contribution >= 0.6 is 23.2 Å². The lowest BCUT2D eigenvalue weighted by molar-refractivity contribution is 0.0981. The molecule has 2 nitrogen and oxygen atoms in total. The minimum atomic E-state index is 0.112. The Balaban J connectivity index is 2.35. The summed E-state index contributed by atoms with van der Waals surface area (Å²) in [5.41, 5.74) is 5.57. The number of benzene rings is 2. The van der Waals surface area contributed by atoms with Crippen LogP contribution in [0.5, 0.6) is 0 Å². The van der Waals surface area contributed by atoms with E-state index in [0.29, 0.717) is 22.2 Å². The highest BCUT2D eigenvalue weighted by Crippen LogP contribution is 2.40. The van der Waals surface area contributed by atoms with E-state index in [0.717, 1.165) is 27.9 Å². The third-order valence-electron chi connectivity index (χ3n) is 4.47. The van der Waals surface area contributed by atoms with Crippen molar-refractivity contribution in [1.82, 2.24) is 4.57 Å². The number of ketones is 1. The number of Topliss-reactive ketones (excluding diaryl/α,β-unsaturated/α-hetero) is 1. The molecule has 2 aromatic carbocycles. The molecule has 0 amide bonds. The van der Waals surface area contributed by atoms with E-state index in [1.807, 2.05) is 67.9 Å². The lowest BCUT2D eigenvalue weighted by Gasteiger charge is -2.10. The van der Waals surface area contributed by atoms with Crippen molar-refractivity contribution in [2.24, 2.45) is 7.05 Å². The number of rotatable bonds is 4. The molecule has 3 aromatic rings. The molecule has 0 bridgehead atoms.